The summed E-state index contributed by atoms with van der Waals surface area (Å²) in [5, 5.41) is 8.42. The van der Waals surface area contributed by atoms with E-state index in [1.807, 2.05) is 11.9 Å². The minimum atomic E-state index is -0.363. The first-order valence-corrected chi connectivity index (χ1v) is 6.66. The molecule has 0 aromatic carbocycles. The average molecular weight is 254 g/mol. The lowest BCUT2D eigenvalue weighted by atomic mass is 10.1. The molecule has 0 aromatic heterocycles. The summed E-state index contributed by atoms with van der Waals surface area (Å²) < 4.78 is 0. The molecule has 6 nitrogen and oxygen atoms in total. The Balaban J connectivity index is 1.66. The molecule has 1 heterocycles. The lowest BCUT2D eigenvalue weighted by Crippen LogP contribution is -2.49. The van der Waals surface area contributed by atoms with E-state index in [2.05, 4.69) is 16.0 Å². The molecule has 6 heteroatoms. The fourth-order valence-corrected chi connectivity index (χ4v) is 2.18. The summed E-state index contributed by atoms with van der Waals surface area (Å²) in [5.41, 5.74) is 0. The van der Waals surface area contributed by atoms with Gasteiger partial charge in [0.15, 0.2) is 0 Å². The highest BCUT2D eigenvalue weighted by molar-refractivity contribution is 5.95. The highest BCUT2D eigenvalue weighted by Gasteiger charge is 2.25. The molecule has 2 aliphatic rings. The van der Waals surface area contributed by atoms with Gasteiger partial charge in [-0.25, -0.2) is 4.79 Å². The van der Waals surface area contributed by atoms with Crippen molar-refractivity contribution in [3.8, 4) is 0 Å². The number of urea groups is 1. The molecule has 1 saturated carbocycles. The molecule has 18 heavy (non-hydrogen) atoms. The SMILES string of the molecule is CN(CC(=O)NC(=O)NC1CC1)C1CCCNC1. The quantitative estimate of drug-likeness (QED) is 0.641. The number of carbonyl (C=O) groups is 2. The maximum atomic E-state index is 11.7. The van der Waals surface area contributed by atoms with Crippen molar-refractivity contribution in [2.75, 3.05) is 26.7 Å². The van der Waals surface area contributed by atoms with Crippen LogP contribution in [0.4, 0.5) is 4.79 Å². The summed E-state index contributed by atoms with van der Waals surface area (Å²) in [5.74, 6) is -0.235. The monoisotopic (exact) mass is 254 g/mol. The van der Waals surface area contributed by atoms with Gasteiger partial charge >= 0.3 is 6.03 Å². The van der Waals surface area contributed by atoms with E-state index < -0.39 is 0 Å². The maximum Gasteiger partial charge on any atom is 0.321 e. The standard InChI is InChI=1S/C12H22N4O2/c1-16(10-3-2-6-13-7-10)8-11(17)15-12(18)14-9-4-5-9/h9-10,13H,2-8H2,1H3,(H2,14,15,17,18). The zero-order valence-corrected chi connectivity index (χ0v) is 10.9. The van der Waals surface area contributed by atoms with Crippen molar-refractivity contribution in [3.63, 3.8) is 0 Å². The molecule has 3 amide bonds. The van der Waals surface area contributed by atoms with Crippen molar-refractivity contribution < 1.29 is 9.59 Å². The molecule has 2 fully saturated rings. The summed E-state index contributed by atoms with van der Waals surface area (Å²) in [4.78, 5) is 25.1. The second-order valence-electron chi connectivity index (χ2n) is 5.21. The molecule has 1 aliphatic carbocycles. The van der Waals surface area contributed by atoms with Crippen LogP contribution in [0.25, 0.3) is 0 Å². The number of hydrogen-bond acceptors (Lipinski definition) is 4. The van der Waals surface area contributed by atoms with Crippen LogP contribution in [0.1, 0.15) is 25.7 Å². The summed E-state index contributed by atoms with van der Waals surface area (Å²) >= 11 is 0. The molecule has 0 radical (unpaired) electrons. The minimum absolute atomic E-state index is 0.235. The molecule has 1 aliphatic heterocycles. The van der Waals surface area contributed by atoms with E-state index in [4.69, 9.17) is 0 Å². The number of piperidine rings is 1. The normalized spacial score (nSPS) is 23.8. The molecule has 2 rings (SSSR count). The molecular formula is C12H22N4O2. The van der Waals surface area contributed by atoms with Gasteiger partial charge in [0.1, 0.15) is 0 Å². The predicted molar refractivity (Wildman–Crippen MR) is 68.2 cm³/mol. The van der Waals surface area contributed by atoms with E-state index >= 15 is 0 Å². The molecule has 0 spiro atoms. The first-order chi connectivity index (χ1) is 8.65. The van der Waals surface area contributed by atoms with Crippen molar-refractivity contribution in [1.82, 2.24) is 20.9 Å². The largest absolute Gasteiger partial charge is 0.335 e. The number of amides is 3. The second kappa shape index (κ2) is 6.15. The van der Waals surface area contributed by atoms with Crippen molar-refractivity contribution >= 4 is 11.9 Å². The number of nitrogens with one attached hydrogen (secondary N) is 3. The molecule has 1 saturated heterocycles. The molecular weight excluding hydrogens is 232 g/mol. The minimum Gasteiger partial charge on any atom is -0.335 e. The van der Waals surface area contributed by atoms with Gasteiger partial charge in [0.05, 0.1) is 6.54 Å². The topological polar surface area (TPSA) is 73.5 Å². The molecule has 1 unspecified atom stereocenters. The lowest BCUT2D eigenvalue weighted by molar-refractivity contribution is -0.121. The van der Waals surface area contributed by atoms with Crippen LogP contribution in [0.3, 0.4) is 0 Å². The van der Waals surface area contributed by atoms with Crippen molar-refractivity contribution in [2.45, 2.75) is 37.8 Å². The highest BCUT2D eigenvalue weighted by Crippen LogP contribution is 2.18. The Hall–Kier alpha value is -1.14. The van der Waals surface area contributed by atoms with E-state index in [1.165, 1.54) is 0 Å². The zero-order valence-electron chi connectivity index (χ0n) is 10.9. The average Bonchev–Trinajstić information content (AvgIpc) is 3.13. The van der Waals surface area contributed by atoms with Crippen LogP contribution in [-0.2, 0) is 4.79 Å². The van der Waals surface area contributed by atoms with Crippen LogP contribution in [0, 0.1) is 0 Å². The van der Waals surface area contributed by atoms with Gasteiger partial charge in [-0.3, -0.25) is 15.0 Å². The summed E-state index contributed by atoms with van der Waals surface area (Å²) in [6, 6.07) is 0.298. The Bertz CT molecular complexity index is 311. The van der Waals surface area contributed by atoms with Gasteiger partial charge in [-0.1, -0.05) is 0 Å². The van der Waals surface area contributed by atoms with E-state index in [9.17, 15) is 9.59 Å². The molecule has 3 N–H and O–H groups in total. The summed E-state index contributed by atoms with van der Waals surface area (Å²) in [6.07, 6.45) is 4.29. The Kier molecular flexibility index (Phi) is 4.54. The van der Waals surface area contributed by atoms with Gasteiger partial charge in [0.25, 0.3) is 0 Å². The number of rotatable bonds is 4. The summed E-state index contributed by atoms with van der Waals surface area (Å²) in [6.45, 7) is 2.24. The Morgan fingerprint density at radius 2 is 2.11 bits per heavy atom. The second-order valence-corrected chi connectivity index (χ2v) is 5.21. The number of carbonyl (C=O) groups excluding carboxylic acids is 2. The van der Waals surface area contributed by atoms with Gasteiger partial charge in [-0.05, 0) is 39.3 Å². The number of imide groups is 1. The first kappa shape index (κ1) is 13.3. The first-order valence-electron chi connectivity index (χ1n) is 6.66. The molecule has 0 bridgehead atoms. The number of nitrogens with zero attached hydrogens (tertiary/aromatic N) is 1. The van der Waals surface area contributed by atoms with Crippen LogP contribution >= 0.6 is 0 Å². The molecule has 1 atom stereocenters. The fourth-order valence-electron chi connectivity index (χ4n) is 2.18. The van der Waals surface area contributed by atoms with Crippen molar-refractivity contribution in [3.05, 3.63) is 0 Å². The molecule has 0 aromatic rings. The third-order valence-corrected chi connectivity index (χ3v) is 3.45. The van der Waals surface area contributed by atoms with Crippen LogP contribution in [0.5, 0.6) is 0 Å². The number of likely N-dealkylation sites (N-methyl/N-ethyl adjacent to an activating group) is 1. The zero-order chi connectivity index (χ0) is 13.0. The van der Waals surface area contributed by atoms with Crippen LogP contribution in [-0.4, -0.2) is 55.6 Å². The Morgan fingerprint density at radius 3 is 2.72 bits per heavy atom. The van der Waals surface area contributed by atoms with Crippen LogP contribution in [0.15, 0.2) is 0 Å². The highest BCUT2D eigenvalue weighted by atomic mass is 16.2. The van der Waals surface area contributed by atoms with E-state index in [0.29, 0.717) is 6.04 Å². The third kappa shape index (κ3) is 4.27. The van der Waals surface area contributed by atoms with Crippen molar-refractivity contribution in [1.29, 1.82) is 0 Å². The Morgan fingerprint density at radius 1 is 1.33 bits per heavy atom. The van der Waals surface area contributed by atoms with Crippen LogP contribution in [0.2, 0.25) is 0 Å². The third-order valence-electron chi connectivity index (χ3n) is 3.45. The van der Waals surface area contributed by atoms with E-state index in [0.717, 1.165) is 38.8 Å². The fraction of sp³-hybridized carbons (Fsp3) is 0.833. The summed E-state index contributed by atoms with van der Waals surface area (Å²) in [7, 11) is 1.93. The smallest absolute Gasteiger partial charge is 0.321 e. The Labute approximate surface area is 107 Å². The van der Waals surface area contributed by atoms with E-state index in [1.54, 1.807) is 0 Å². The molecule has 102 valence electrons. The predicted octanol–water partition coefficient (Wildman–Crippen LogP) is -0.342. The number of hydrogen-bond donors (Lipinski definition) is 3. The van der Waals surface area contributed by atoms with Crippen molar-refractivity contribution in [2.24, 2.45) is 0 Å². The van der Waals surface area contributed by atoms with Gasteiger partial charge in [-0.15, -0.1) is 0 Å². The van der Waals surface area contributed by atoms with Gasteiger partial charge in [0, 0.05) is 18.6 Å². The van der Waals surface area contributed by atoms with Gasteiger partial charge in [0.2, 0.25) is 5.91 Å². The maximum absolute atomic E-state index is 11.7. The van der Waals surface area contributed by atoms with Gasteiger partial charge in [-0.2, -0.15) is 0 Å². The van der Waals surface area contributed by atoms with E-state index in [-0.39, 0.29) is 24.5 Å². The lowest BCUT2D eigenvalue weighted by Gasteiger charge is -2.31. The van der Waals surface area contributed by atoms with Crippen LogP contribution < -0.4 is 16.0 Å². The van der Waals surface area contributed by atoms with Gasteiger partial charge < -0.3 is 10.6 Å².